The summed E-state index contributed by atoms with van der Waals surface area (Å²) in [7, 11) is 0. The third-order valence-corrected chi connectivity index (χ3v) is 5.68. The van der Waals surface area contributed by atoms with Crippen LogP contribution in [0.3, 0.4) is 0 Å². The Hall–Kier alpha value is -0.0800. The maximum Gasteiger partial charge on any atom is 0.0126 e. The zero-order valence-electron chi connectivity index (χ0n) is 13.1. The van der Waals surface area contributed by atoms with Gasteiger partial charge in [-0.25, -0.2) is 0 Å². The minimum atomic E-state index is 0.575. The van der Waals surface area contributed by atoms with Crippen LogP contribution in [0.25, 0.3) is 0 Å². The molecule has 3 rings (SSSR count). The highest BCUT2D eigenvalue weighted by molar-refractivity contribution is 4.94. The van der Waals surface area contributed by atoms with Gasteiger partial charge in [0.25, 0.3) is 0 Å². The van der Waals surface area contributed by atoms with Gasteiger partial charge in [0.2, 0.25) is 0 Å². The zero-order valence-corrected chi connectivity index (χ0v) is 13.1. The lowest BCUT2D eigenvalue weighted by Gasteiger charge is -2.38. The van der Waals surface area contributed by atoms with Crippen molar-refractivity contribution >= 4 is 0 Å². The molecule has 0 bridgehead atoms. The molecule has 0 radical (unpaired) electrons. The van der Waals surface area contributed by atoms with Crippen molar-refractivity contribution in [1.82, 2.24) is 10.2 Å². The third kappa shape index (κ3) is 3.52. The van der Waals surface area contributed by atoms with Gasteiger partial charge in [-0.1, -0.05) is 20.8 Å². The van der Waals surface area contributed by atoms with Crippen LogP contribution < -0.4 is 5.32 Å². The van der Waals surface area contributed by atoms with E-state index < -0.39 is 0 Å². The number of hydrogen-bond donors (Lipinski definition) is 1. The molecule has 2 nitrogen and oxygen atoms in total. The van der Waals surface area contributed by atoms with E-state index in [9.17, 15) is 0 Å². The molecule has 2 saturated carbocycles. The van der Waals surface area contributed by atoms with Gasteiger partial charge in [0.05, 0.1) is 0 Å². The van der Waals surface area contributed by atoms with Crippen LogP contribution in [0.2, 0.25) is 0 Å². The molecular weight excluding hydrogens is 232 g/mol. The number of rotatable bonds is 4. The van der Waals surface area contributed by atoms with Gasteiger partial charge < -0.3 is 5.32 Å². The SMILES string of the molecule is CC1CC(C)(C)CC1N1CCC(NCC2CC2)CC1. The molecule has 2 heteroatoms. The van der Waals surface area contributed by atoms with Gasteiger partial charge in [0.15, 0.2) is 0 Å². The number of likely N-dealkylation sites (tertiary alicyclic amines) is 1. The van der Waals surface area contributed by atoms with E-state index in [-0.39, 0.29) is 0 Å². The minimum Gasteiger partial charge on any atom is -0.314 e. The van der Waals surface area contributed by atoms with Gasteiger partial charge in [-0.3, -0.25) is 4.90 Å². The third-order valence-electron chi connectivity index (χ3n) is 5.68. The first-order chi connectivity index (χ1) is 9.03. The lowest BCUT2D eigenvalue weighted by Crippen LogP contribution is -2.47. The second kappa shape index (κ2) is 5.37. The summed E-state index contributed by atoms with van der Waals surface area (Å²) in [4.78, 5) is 2.80. The summed E-state index contributed by atoms with van der Waals surface area (Å²) in [6.45, 7) is 11.3. The van der Waals surface area contributed by atoms with Crippen LogP contribution >= 0.6 is 0 Å². The predicted octanol–water partition coefficient (Wildman–Crippen LogP) is 3.28. The Kier molecular flexibility index (Phi) is 3.92. The van der Waals surface area contributed by atoms with E-state index >= 15 is 0 Å². The summed E-state index contributed by atoms with van der Waals surface area (Å²) >= 11 is 0. The molecule has 1 N–H and O–H groups in total. The highest BCUT2D eigenvalue weighted by Crippen LogP contribution is 2.43. The fourth-order valence-corrected chi connectivity index (χ4v) is 4.44. The number of hydrogen-bond acceptors (Lipinski definition) is 2. The van der Waals surface area contributed by atoms with Gasteiger partial charge in [-0.05, 0) is 75.4 Å². The summed E-state index contributed by atoms with van der Waals surface area (Å²) in [5, 5.41) is 3.80. The van der Waals surface area contributed by atoms with Gasteiger partial charge in [0, 0.05) is 12.1 Å². The molecule has 0 aromatic rings. The van der Waals surface area contributed by atoms with Gasteiger partial charge in [-0.2, -0.15) is 0 Å². The van der Waals surface area contributed by atoms with Gasteiger partial charge >= 0.3 is 0 Å². The van der Waals surface area contributed by atoms with E-state index in [0.717, 1.165) is 23.9 Å². The molecule has 0 spiro atoms. The van der Waals surface area contributed by atoms with E-state index in [1.54, 1.807) is 0 Å². The molecule has 110 valence electrons. The number of nitrogens with one attached hydrogen (secondary N) is 1. The molecule has 1 saturated heterocycles. The van der Waals surface area contributed by atoms with Gasteiger partial charge in [-0.15, -0.1) is 0 Å². The van der Waals surface area contributed by atoms with Crippen molar-refractivity contribution in [2.45, 2.75) is 71.4 Å². The van der Waals surface area contributed by atoms with Crippen molar-refractivity contribution in [1.29, 1.82) is 0 Å². The van der Waals surface area contributed by atoms with Crippen molar-refractivity contribution in [3.63, 3.8) is 0 Å². The van der Waals surface area contributed by atoms with Crippen LogP contribution in [0.1, 0.15) is 59.3 Å². The Morgan fingerprint density at radius 3 is 2.26 bits per heavy atom. The highest BCUT2D eigenvalue weighted by atomic mass is 15.2. The lowest BCUT2D eigenvalue weighted by atomic mass is 9.91. The quantitative estimate of drug-likeness (QED) is 0.838. The summed E-state index contributed by atoms with van der Waals surface area (Å²) in [5.41, 5.74) is 0.575. The fraction of sp³-hybridized carbons (Fsp3) is 1.00. The van der Waals surface area contributed by atoms with E-state index in [4.69, 9.17) is 0 Å². The molecule has 3 aliphatic rings. The van der Waals surface area contributed by atoms with Gasteiger partial charge in [0.1, 0.15) is 0 Å². The van der Waals surface area contributed by atoms with Crippen molar-refractivity contribution in [2.75, 3.05) is 19.6 Å². The Labute approximate surface area is 119 Å². The molecule has 0 aromatic carbocycles. The Morgan fingerprint density at radius 1 is 1.05 bits per heavy atom. The average molecular weight is 264 g/mol. The molecule has 0 aromatic heterocycles. The summed E-state index contributed by atoms with van der Waals surface area (Å²) < 4.78 is 0. The van der Waals surface area contributed by atoms with Crippen LogP contribution in [0.5, 0.6) is 0 Å². The molecule has 0 amide bonds. The molecule has 2 unspecified atom stereocenters. The molecule has 1 heterocycles. The Morgan fingerprint density at radius 2 is 1.74 bits per heavy atom. The van der Waals surface area contributed by atoms with E-state index in [0.29, 0.717) is 5.41 Å². The second-order valence-corrected chi connectivity index (χ2v) is 8.28. The first-order valence-corrected chi connectivity index (χ1v) is 8.51. The Bertz CT molecular complexity index is 300. The zero-order chi connectivity index (χ0) is 13.5. The van der Waals surface area contributed by atoms with Crippen molar-refractivity contribution in [3.8, 4) is 0 Å². The smallest absolute Gasteiger partial charge is 0.0126 e. The molecule has 2 atom stereocenters. The fourth-order valence-electron chi connectivity index (χ4n) is 4.44. The maximum atomic E-state index is 3.80. The average Bonchev–Trinajstić information content (AvgIpc) is 3.13. The molecule has 19 heavy (non-hydrogen) atoms. The topological polar surface area (TPSA) is 15.3 Å². The summed E-state index contributed by atoms with van der Waals surface area (Å²) in [6.07, 6.45) is 8.51. The first kappa shape index (κ1) is 13.9. The van der Waals surface area contributed by atoms with E-state index in [2.05, 4.69) is 31.0 Å². The Balaban J connectivity index is 1.44. The van der Waals surface area contributed by atoms with Crippen molar-refractivity contribution in [3.05, 3.63) is 0 Å². The van der Waals surface area contributed by atoms with Crippen molar-refractivity contribution < 1.29 is 0 Å². The summed E-state index contributed by atoms with van der Waals surface area (Å²) in [5.74, 6) is 1.92. The number of piperidine rings is 1. The standard InChI is InChI=1S/C17H32N2/c1-13-10-17(2,3)11-16(13)19-8-6-15(7-9-19)18-12-14-4-5-14/h13-16,18H,4-12H2,1-3H3. The molecule has 2 aliphatic carbocycles. The monoisotopic (exact) mass is 264 g/mol. The van der Waals surface area contributed by atoms with E-state index in [1.165, 1.54) is 58.2 Å². The first-order valence-electron chi connectivity index (χ1n) is 8.51. The predicted molar refractivity (Wildman–Crippen MR) is 81.3 cm³/mol. The van der Waals surface area contributed by atoms with Crippen molar-refractivity contribution in [2.24, 2.45) is 17.3 Å². The summed E-state index contributed by atoms with van der Waals surface area (Å²) in [6, 6.07) is 1.67. The number of nitrogens with zero attached hydrogens (tertiary/aromatic N) is 1. The molecular formula is C17H32N2. The normalized spacial score (nSPS) is 36.8. The van der Waals surface area contributed by atoms with Crippen LogP contribution in [0, 0.1) is 17.3 Å². The van der Waals surface area contributed by atoms with Crippen LogP contribution in [0.4, 0.5) is 0 Å². The second-order valence-electron chi connectivity index (χ2n) is 8.28. The lowest BCUT2D eigenvalue weighted by molar-refractivity contribution is 0.118. The minimum absolute atomic E-state index is 0.575. The van der Waals surface area contributed by atoms with Crippen LogP contribution in [-0.2, 0) is 0 Å². The molecule has 3 fully saturated rings. The van der Waals surface area contributed by atoms with E-state index in [1.807, 2.05) is 0 Å². The van der Waals surface area contributed by atoms with Crippen LogP contribution in [0.15, 0.2) is 0 Å². The maximum absolute atomic E-state index is 3.80. The molecule has 1 aliphatic heterocycles. The highest BCUT2D eigenvalue weighted by Gasteiger charge is 2.40. The van der Waals surface area contributed by atoms with Crippen LogP contribution in [-0.4, -0.2) is 36.6 Å². The largest absolute Gasteiger partial charge is 0.314 e.